The van der Waals surface area contributed by atoms with Crippen LogP contribution in [0.25, 0.3) is 0 Å². The summed E-state index contributed by atoms with van der Waals surface area (Å²) < 4.78 is 0. The Morgan fingerprint density at radius 1 is 1.00 bits per heavy atom. The molecule has 1 saturated heterocycles. The van der Waals surface area contributed by atoms with Gasteiger partial charge in [0.2, 0.25) is 0 Å². The van der Waals surface area contributed by atoms with Gasteiger partial charge in [-0.1, -0.05) is 23.7 Å². The fraction of sp³-hybridized carbons (Fsp3) is 0.263. The molecule has 0 atom stereocenters. The van der Waals surface area contributed by atoms with E-state index in [0.717, 1.165) is 5.69 Å². The van der Waals surface area contributed by atoms with Crippen LogP contribution in [-0.4, -0.2) is 35.5 Å². The molecule has 0 aromatic heterocycles. The second kappa shape index (κ2) is 6.08. The summed E-state index contributed by atoms with van der Waals surface area (Å²) in [5, 5.41) is 7.16. The lowest BCUT2D eigenvalue weighted by Crippen LogP contribution is -2.62. The molecule has 25 heavy (non-hydrogen) atoms. The Balaban J connectivity index is 1.47. The van der Waals surface area contributed by atoms with Crippen LogP contribution < -0.4 is 10.6 Å². The van der Waals surface area contributed by atoms with Gasteiger partial charge in [0.05, 0.1) is 5.56 Å². The zero-order chi connectivity index (χ0) is 17.4. The standard InChI is InChI=1S/C19H18ClN3O2/c20-14-7-5-13(6-8-14)18(25)23-11-9-19(10-12-23)21-16-4-2-1-3-15(16)17(24)22-19/h1-8,21H,9-12H2,(H,22,24). The molecule has 2 aliphatic rings. The highest BCUT2D eigenvalue weighted by atomic mass is 35.5. The topological polar surface area (TPSA) is 61.4 Å². The number of nitrogens with zero attached hydrogens (tertiary/aromatic N) is 1. The molecule has 0 aliphatic carbocycles. The van der Waals surface area contributed by atoms with Crippen LogP contribution in [0.3, 0.4) is 0 Å². The molecular formula is C19H18ClN3O2. The Labute approximate surface area is 151 Å². The molecule has 0 unspecified atom stereocenters. The normalized spacial score (nSPS) is 18.3. The zero-order valence-electron chi connectivity index (χ0n) is 13.6. The molecule has 2 aromatic rings. The largest absolute Gasteiger partial charge is 0.362 e. The van der Waals surface area contributed by atoms with Gasteiger partial charge >= 0.3 is 0 Å². The maximum absolute atomic E-state index is 12.6. The molecule has 128 valence electrons. The minimum absolute atomic E-state index is 0.00551. The summed E-state index contributed by atoms with van der Waals surface area (Å²) in [4.78, 5) is 26.8. The number of amides is 2. The Morgan fingerprint density at radius 3 is 2.40 bits per heavy atom. The Hall–Kier alpha value is -2.53. The highest BCUT2D eigenvalue weighted by Gasteiger charge is 2.40. The number of carbonyl (C=O) groups excluding carboxylic acids is 2. The first-order valence-corrected chi connectivity index (χ1v) is 8.69. The van der Waals surface area contributed by atoms with Crippen LogP contribution in [0.1, 0.15) is 33.6 Å². The first kappa shape index (κ1) is 16.0. The summed E-state index contributed by atoms with van der Waals surface area (Å²) in [6.07, 6.45) is 1.32. The SMILES string of the molecule is O=C1NC2(CCN(C(=O)c3ccc(Cl)cc3)CC2)Nc2ccccc21. The van der Waals surface area contributed by atoms with Crippen molar-refractivity contribution in [3.05, 3.63) is 64.7 Å². The van der Waals surface area contributed by atoms with Crippen LogP contribution in [0.5, 0.6) is 0 Å². The van der Waals surface area contributed by atoms with E-state index in [1.54, 1.807) is 24.3 Å². The molecule has 4 rings (SSSR count). The van der Waals surface area contributed by atoms with Gasteiger partial charge in [-0.3, -0.25) is 9.59 Å². The van der Waals surface area contributed by atoms with Crippen molar-refractivity contribution in [1.82, 2.24) is 10.2 Å². The molecule has 6 heteroatoms. The van der Waals surface area contributed by atoms with Crippen LogP contribution >= 0.6 is 11.6 Å². The predicted octanol–water partition coefficient (Wildman–Crippen LogP) is 3.13. The maximum Gasteiger partial charge on any atom is 0.255 e. The fourth-order valence-corrected chi connectivity index (χ4v) is 3.61. The zero-order valence-corrected chi connectivity index (χ0v) is 14.3. The van der Waals surface area contributed by atoms with Gasteiger partial charge < -0.3 is 15.5 Å². The predicted molar refractivity (Wildman–Crippen MR) is 96.9 cm³/mol. The lowest BCUT2D eigenvalue weighted by molar-refractivity contribution is 0.0639. The minimum Gasteiger partial charge on any atom is -0.362 e. The van der Waals surface area contributed by atoms with Crippen LogP contribution in [0.15, 0.2) is 48.5 Å². The molecule has 2 aliphatic heterocycles. The number of carbonyl (C=O) groups is 2. The molecule has 0 radical (unpaired) electrons. The molecule has 5 nitrogen and oxygen atoms in total. The third kappa shape index (κ3) is 2.96. The van der Waals surface area contributed by atoms with Gasteiger partial charge in [-0.15, -0.1) is 0 Å². The monoisotopic (exact) mass is 355 g/mol. The summed E-state index contributed by atoms with van der Waals surface area (Å²) >= 11 is 5.88. The summed E-state index contributed by atoms with van der Waals surface area (Å²) in [6, 6.07) is 14.4. The van der Waals surface area contributed by atoms with E-state index in [2.05, 4.69) is 10.6 Å². The summed E-state index contributed by atoms with van der Waals surface area (Å²) in [5.41, 5.74) is 1.66. The van der Waals surface area contributed by atoms with Gasteiger partial charge in [0, 0.05) is 42.2 Å². The van der Waals surface area contributed by atoms with Gasteiger partial charge in [-0.25, -0.2) is 0 Å². The smallest absolute Gasteiger partial charge is 0.255 e. The lowest BCUT2D eigenvalue weighted by Gasteiger charge is -2.45. The van der Waals surface area contributed by atoms with E-state index in [-0.39, 0.29) is 11.8 Å². The van der Waals surface area contributed by atoms with Crippen molar-refractivity contribution in [2.24, 2.45) is 0 Å². The van der Waals surface area contributed by atoms with Crippen molar-refractivity contribution in [2.45, 2.75) is 18.5 Å². The first-order valence-electron chi connectivity index (χ1n) is 8.31. The van der Waals surface area contributed by atoms with Crippen LogP contribution in [0.2, 0.25) is 5.02 Å². The summed E-state index contributed by atoms with van der Waals surface area (Å²) in [5.74, 6) is -0.0686. The van der Waals surface area contributed by atoms with E-state index in [1.807, 2.05) is 29.2 Å². The molecule has 1 fully saturated rings. The number of halogens is 1. The van der Waals surface area contributed by atoms with E-state index in [0.29, 0.717) is 42.1 Å². The van der Waals surface area contributed by atoms with Crippen molar-refractivity contribution >= 4 is 29.1 Å². The van der Waals surface area contributed by atoms with Crippen molar-refractivity contribution in [2.75, 3.05) is 18.4 Å². The number of hydrogen-bond donors (Lipinski definition) is 2. The first-order chi connectivity index (χ1) is 12.1. The average molecular weight is 356 g/mol. The molecule has 0 bridgehead atoms. The number of benzene rings is 2. The van der Waals surface area contributed by atoms with Crippen LogP contribution in [0.4, 0.5) is 5.69 Å². The van der Waals surface area contributed by atoms with E-state index in [4.69, 9.17) is 11.6 Å². The number of likely N-dealkylation sites (tertiary alicyclic amines) is 1. The molecule has 2 heterocycles. The number of piperidine rings is 1. The Bertz CT molecular complexity index is 827. The Kier molecular flexibility index (Phi) is 3.88. The van der Waals surface area contributed by atoms with Crippen molar-refractivity contribution in [1.29, 1.82) is 0 Å². The quantitative estimate of drug-likeness (QED) is 0.826. The Morgan fingerprint density at radius 2 is 1.68 bits per heavy atom. The molecular weight excluding hydrogens is 338 g/mol. The summed E-state index contributed by atoms with van der Waals surface area (Å²) in [6.45, 7) is 1.16. The highest BCUT2D eigenvalue weighted by molar-refractivity contribution is 6.30. The number of anilines is 1. The second-order valence-electron chi connectivity index (χ2n) is 6.51. The van der Waals surface area contributed by atoms with E-state index in [1.165, 1.54) is 0 Å². The number of nitrogens with one attached hydrogen (secondary N) is 2. The second-order valence-corrected chi connectivity index (χ2v) is 6.94. The van der Waals surface area contributed by atoms with E-state index in [9.17, 15) is 9.59 Å². The van der Waals surface area contributed by atoms with E-state index >= 15 is 0 Å². The third-order valence-electron chi connectivity index (χ3n) is 4.89. The molecule has 2 amide bonds. The van der Waals surface area contributed by atoms with Crippen molar-refractivity contribution < 1.29 is 9.59 Å². The number of fused-ring (bicyclic) bond motifs is 1. The van der Waals surface area contributed by atoms with Crippen molar-refractivity contribution in [3.63, 3.8) is 0 Å². The van der Waals surface area contributed by atoms with Gasteiger partial charge in [0.1, 0.15) is 5.66 Å². The van der Waals surface area contributed by atoms with Crippen LogP contribution in [-0.2, 0) is 0 Å². The number of para-hydroxylation sites is 1. The number of hydrogen-bond acceptors (Lipinski definition) is 3. The average Bonchev–Trinajstić information content (AvgIpc) is 2.62. The highest BCUT2D eigenvalue weighted by Crippen LogP contribution is 2.31. The van der Waals surface area contributed by atoms with Gasteiger partial charge in [0.15, 0.2) is 0 Å². The lowest BCUT2D eigenvalue weighted by atomic mass is 9.92. The van der Waals surface area contributed by atoms with Crippen LogP contribution in [0, 0.1) is 0 Å². The molecule has 2 N–H and O–H groups in total. The summed E-state index contributed by atoms with van der Waals surface area (Å²) in [7, 11) is 0. The third-order valence-corrected chi connectivity index (χ3v) is 5.15. The van der Waals surface area contributed by atoms with Gasteiger partial charge in [0.25, 0.3) is 11.8 Å². The molecule has 1 spiro atoms. The molecule has 2 aromatic carbocycles. The van der Waals surface area contributed by atoms with Crippen molar-refractivity contribution in [3.8, 4) is 0 Å². The fourth-order valence-electron chi connectivity index (χ4n) is 3.48. The maximum atomic E-state index is 12.6. The van der Waals surface area contributed by atoms with E-state index < -0.39 is 5.66 Å². The van der Waals surface area contributed by atoms with Gasteiger partial charge in [-0.2, -0.15) is 0 Å². The number of rotatable bonds is 1. The molecule has 0 saturated carbocycles. The minimum atomic E-state index is -0.484. The van der Waals surface area contributed by atoms with Gasteiger partial charge in [-0.05, 0) is 36.4 Å².